The van der Waals surface area contributed by atoms with E-state index >= 15 is 0 Å². The van der Waals surface area contributed by atoms with E-state index in [-0.39, 0.29) is 5.78 Å². The highest BCUT2D eigenvalue weighted by atomic mass is 79.9. The van der Waals surface area contributed by atoms with Crippen LogP contribution in [0.5, 0.6) is 0 Å². The Morgan fingerprint density at radius 3 is 2.38 bits per heavy atom. The summed E-state index contributed by atoms with van der Waals surface area (Å²) in [7, 11) is 1.75. The molecule has 72 valence electrons. The van der Waals surface area contributed by atoms with Gasteiger partial charge in [-0.15, -0.1) is 0 Å². The molecule has 2 nitrogen and oxygen atoms in total. The zero-order valence-electron chi connectivity index (χ0n) is 6.52. The third-order valence-electron chi connectivity index (χ3n) is 1.57. The number of hydrogen-bond donors (Lipinski definition) is 0. The van der Waals surface area contributed by atoms with Gasteiger partial charge in [0.25, 0.3) is 0 Å². The molecule has 6 heteroatoms. The summed E-state index contributed by atoms with van der Waals surface area (Å²) in [6, 6.07) is 1.67. The Hall–Kier alpha value is 0.490. The number of hydrogen-bond acceptors (Lipinski definition) is 1. The van der Waals surface area contributed by atoms with E-state index in [0.717, 1.165) is 9.08 Å². The van der Waals surface area contributed by atoms with Gasteiger partial charge in [0.15, 0.2) is 4.84 Å². The van der Waals surface area contributed by atoms with Crippen molar-refractivity contribution in [3.8, 4) is 0 Å². The minimum absolute atomic E-state index is 0.308. The van der Waals surface area contributed by atoms with Gasteiger partial charge in [0.05, 0.1) is 14.8 Å². The molecule has 1 heterocycles. The van der Waals surface area contributed by atoms with Crippen molar-refractivity contribution in [3.63, 3.8) is 0 Å². The summed E-state index contributed by atoms with van der Waals surface area (Å²) in [5, 5.41) is 0. The molecule has 0 saturated carbocycles. The van der Waals surface area contributed by atoms with Crippen LogP contribution in [0.25, 0.3) is 0 Å². The number of Topliss-reactive ketones (excluding diaryl/α,β-unsaturated/α-hetero) is 1. The molecule has 0 aliphatic carbocycles. The van der Waals surface area contributed by atoms with Crippen molar-refractivity contribution in [1.29, 1.82) is 0 Å². The maximum absolute atomic E-state index is 11.4. The Morgan fingerprint density at radius 2 is 2.08 bits per heavy atom. The van der Waals surface area contributed by atoms with Crippen molar-refractivity contribution in [2.45, 2.75) is 4.84 Å². The maximum atomic E-state index is 11.4. The number of aromatic nitrogens is 1. The quantitative estimate of drug-likeness (QED) is 0.591. The van der Waals surface area contributed by atoms with Crippen molar-refractivity contribution in [2.75, 3.05) is 0 Å². The first kappa shape index (κ1) is 11.6. The van der Waals surface area contributed by atoms with Crippen molar-refractivity contribution < 1.29 is 4.79 Å². The van der Waals surface area contributed by atoms with Gasteiger partial charge in [-0.3, -0.25) is 4.79 Å². The van der Waals surface area contributed by atoms with Crippen LogP contribution in [0.1, 0.15) is 10.5 Å². The number of carbonyl (C=O) groups is 1. The van der Waals surface area contributed by atoms with Crippen LogP contribution in [0.4, 0.5) is 0 Å². The molecule has 0 bridgehead atoms. The van der Waals surface area contributed by atoms with Crippen LogP contribution in [0, 0.1) is 0 Å². The normalized spacial score (nSPS) is 10.9. The van der Waals surface area contributed by atoms with E-state index in [4.69, 9.17) is 23.2 Å². The number of alkyl halides is 2. The monoisotopic (exact) mass is 347 g/mol. The zero-order chi connectivity index (χ0) is 10.2. The summed E-state index contributed by atoms with van der Waals surface area (Å²) >= 11 is 17.5. The Bertz CT molecular complexity index is 349. The number of ketones is 1. The number of nitrogens with zero attached hydrogens (tertiary/aromatic N) is 1. The zero-order valence-corrected chi connectivity index (χ0v) is 11.2. The largest absolute Gasteiger partial charge is 0.335 e. The SMILES string of the molecule is Cn1c(C(=O)C(Cl)Cl)cc(Br)c1Br. The molecule has 0 aliphatic heterocycles. The molecule has 1 rings (SSSR count). The van der Waals surface area contributed by atoms with Gasteiger partial charge in [-0.1, -0.05) is 23.2 Å². The predicted molar refractivity (Wildman–Crippen MR) is 60.6 cm³/mol. The van der Waals surface area contributed by atoms with Crippen LogP contribution in [0.3, 0.4) is 0 Å². The molecule has 0 N–H and O–H groups in total. The molecular formula is C7H5Br2Cl2NO. The standard InChI is InChI=1S/C7H5Br2Cl2NO/c1-12-4(5(13)7(10)11)2-3(8)6(12)9/h2,7H,1H3. The lowest BCUT2D eigenvalue weighted by molar-refractivity contribution is 0.0999. The molecule has 0 fully saturated rings. The van der Waals surface area contributed by atoms with E-state index in [1.807, 2.05) is 0 Å². The first-order chi connectivity index (χ1) is 5.95. The molecule has 0 aromatic carbocycles. The molecule has 0 atom stereocenters. The molecule has 0 aliphatic rings. The van der Waals surface area contributed by atoms with Crippen LogP contribution in [-0.4, -0.2) is 15.2 Å². The lowest BCUT2D eigenvalue weighted by Gasteiger charge is -2.02. The molecule has 1 aromatic heterocycles. The van der Waals surface area contributed by atoms with Crippen molar-refractivity contribution in [2.24, 2.45) is 7.05 Å². The summed E-state index contributed by atoms with van der Waals surface area (Å²) in [5.74, 6) is -0.308. The van der Waals surface area contributed by atoms with Crippen molar-refractivity contribution in [1.82, 2.24) is 4.57 Å². The molecule has 0 radical (unpaired) electrons. The van der Waals surface area contributed by atoms with E-state index in [0.29, 0.717) is 5.69 Å². The Balaban J connectivity index is 3.16. The van der Waals surface area contributed by atoms with Crippen LogP contribution in [0.15, 0.2) is 15.1 Å². The topological polar surface area (TPSA) is 22.0 Å². The van der Waals surface area contributed by atoms with Crippen LogP contribution >= 0.6 is 55.1 Å². The van der Waals surface area contributed by atoms with Gasteiger partial charge in [-0.2, -0.15) is 0 Å². The van der Waals surface area contributed by atoms with Gasteiger partial charge in [0.2, 0.25) is 5.78 Å². The fraction of sp³-hybridized carbons (Fsp3) is 0.286. The van der Waals surface area contributed by atoms with E-state index in [1.54, 1.807) is 17.7 Å². The highest BCUT2D eigenvalue weighted by molar-refractivity contribution is 9.13. The fourth-order valence-corrected chi connectivity index (χ4v) is 1.90. The molecular weight excluding hydrogens is 345 g/mol. The second kappa shape index (κ2) is 4.34. The third kappa shape index (κ3) is 2.29. The molecule has 0 unspecified atom stereocenters. The van der Waals surface area contributed by atoms with E-state index in [1.165, 1.54) is 0 Å². The van der Waals surface area contributed by atoms with E-state index in [2.05, 4.69) is 31.9 Å². The number of rotatable bonds is 2. The average molecular weight is 350 g/mol. The predicted octanol–water partition coefficient (Wildman–Crippen LogP) is 3.54. The van der Waals surface area contributed by atoms with Crippen molar-refractivity contribution in [3.05, 3.63) is 20.8 Å². The summed E-state index contributed by atoms with van der Waals surface area (Å²) in [4.78, 5) is 10.4. The Kier molecular flexibility index (Phi) is 3.86. The minimum Gasteiger partial charge on any atom is -0.335 e. The highest BCUT2D eigenvalue weighted by Gasteiger charge is 2.20. The first-order valence-corrected chi connectivity index (χ1v) is 5.74. The number of halogens is 4. The highest BCUT2D eigenvalue weighted by Crippen LogP contribution is 2.27. The molecule has 0 spiro atoms. The fourth-order valence-electron chi connectivity index (χ4n) is 0.891. The van der Waals surface area contributed by atoms with Crippen LogP contribution < -0.4 is 0 Å². The summed E-state index contributed by atoms with van der Waals surface area (Å²) < 4.78 is 3.25. The average Bonchev–Trinajstić information content (AvgIpc) is 2.31. The summed E-state index contributed by atoms with van der Waals surface area (Å²) in [6.07, 6.45) is 0. The van der Waals surface area contributed by atoms with Gasteiger partial charge in [-0.05, 0) is 37.9 Å². The summed E-state index contributed by atoms with van der Waals surface area (Å²) in [5.41, 5.74) is 0.466. The van der Waals surface area contributed by atoms with Crippen molar-refractivity contribution >= 4 is 60.8 Å². The Morgan fingerprint density at radius 1 is 1.54 bits per heavy atom. The maximum Gasteiger partial charge on any atom is 0.212 e. The minimum atomic E-state index is -1.02. The molecule has 1 aromatic rings. The van der Waals surface area contributed by atoms with Gasteiger partial charge >= 0.3 is 0 Å². The van der Waals surface area contributed by atoms with Gasteiger partial charge < -0.3 is 4.57 Å². The second-order valence-corrected chi connectivity index (χ2v) is 5.09. The summed E-state index contributed by atoms with van der Waals surface area (Å²) in [6.45, 7) is 0. The van der Waals surface area contributed by atoms with Gasteiger partial charge in [-0.25, -0.2) is 0 Å². The van der Waals surface area contributed by atoms with Gasteiger partial charge in [0.1, 0.15) is 0 Å². The lowest BCUT2D eigenvalue weighted by atomic mass is 10.3. The third-order valence-corrected chi connectivity index (χ3v) is 4.06. The first-order valence-electron chi connectivity index (χ1n) is 3.28. The molecule has 0 saturated heterocycles. The van der Waals surface area contributed by atoms with Gasteiger partial charge in [0, 0.05) is 7.05 Å². The van der Waals surface area contributed by atoms with Crippen LogP contribution in [-0.2, 0) is 7.05 Å². The second-order valence-electron chi connectivity index (χ2n) is 2.39. The molecule has 0 amide bonds. The lowest BCUT2D eigenvalue weighted by Crippen LogP contribution is -2.12. The Labute approximate surface area is 102 Å². The van der Waals surface area contributed by atoms with Crippen LogP contribution in [0.2, 0.25) is 0 Å². The van der Waals surface area contributed by atoms with E-state index < -0.39 is 4.84 Å². The van der Waals surface area contributed by atoms with E-state index in [9.17, 15) is 4.79 Å². The molecule has 13 heavy (non-hydrogen) atoms. The number of carbonyl (C=O) groups excluding carboxylic acids is 1. The smallest absolute Gasteiger partial charge is 0.212 e.